The summed E-state index contributed by atoms with van der Waals surface area (Å²) in [7, 11) is -3.89. The van der Waals surface area contributed by atoms with Crippen LogP contribution < -0.4 is 10.0 Å². The van der Waals surface area contributed by atoms with Crippen molar-refractivity contribution < 1.29 is 13.2 Å². The molecule has 186 valence electrons. The molecule has 0 saturated heterocycles. The van der Waals surface area contributed by atoms with Gasteiger partial charge in [-0.1, -0.05) is 66.7 Å². The van der Waals surface area contributed by atoms with Crippen molar-refractivity contribution in [3.05, 3.63) is 113 Å². The molecule has 0 radical (unpaired) electrons. The molecule has 2 unspecified atom stereocenters. The average molecular weight is 510 g/mol. The summed E-state index contributed by atoms with van der Waals surface area (Å²) in [6, 6.07) is 28.6. The first-order valence-corrected chi connectivity index (χ1v) is 13.8. The number of sulfonamides is 1. The van der Waals surface area contributed by atoms with Crippen LogP contribution in [-0.4, -0.2) is 14.3 Å². The number of rotatable bonds is 7. The fourth-order valence-electron chi connectivity index (χ4n) is 4.98. The minimum atomic E-state index is -3.89. The zero-order chi connectivity index (χ0) is 25.8. The Kier molecular flexibility index (Phi) is 7.04. The van der Waals surface area contributed by atoms with Crippen molar-refractivity contribution in [2.45, 2.75) is 42.7 Å². The molecule has 5 rings (SSSR count). The largest absolute Gasteiger partial charge is 0.349 e. The quantitative estimate of drug-likeness (QED) is 0.352. The lowest BCUT2D eigenvalue weighted by Gasteiger charge is -2.27. The number of benzene rings is 4. The molecule has 6 nitrogen and oxygen atoms in total. The molecule has 1 amide bonds. The van der Waals surface area contributed by atoms with E-state index in [1.54, 1.807) is 24.3 Å². The van der Waals surface area contributed by atoms with Gasteiger partial charge in [-0.15, -0.1) is 0 Å². The van der Waals surface area contributed by atoms with Gasteiger partial charge >= 0.3 is 0 Å². The summed E-state index contributed by atoms with van der Waals surface area (Å²) in [5, 5.41) is 14.1. The van der Waals surface area contributed by atoms with Gasteiger partial charge in [-0.25, -0.2) is 13.1 Å². The predicted octanol–water partition coefficient (Wildman–Crippen LogP) is 5.31. The minimum Gasteiger partial charge on any atom is -0.349 e. The van der Waals surface area contributed by atoms with Crippen LogP contribution in [0.2, 0.25) is 0 Å². The summed E-state index contributed by atoms with van der Waals surface area (Å²) < 4.78 is 29.5. The molecule has 2 N–H and O–H groups in total. The number of hydrogen-bond donors (Lipinski definition) is 2. The number of carbonyl (C=O) groups is 1. The van der Waals surface area contributed by atoms with E-state index in [9.17, 15) is 18.5 Å². The summed E-state index contributed by atoms with van der Waals surface area (Å²) in [6.07, 6.45) is 2.53. The van der Waals surface area contributed by atoms with Crippen LogP contribution in [0.4, 0.5) is 0 Å². The highest BCUT2D eigenvalue weighted by atomic mass is 32.2. The lowest BCUT2D eigenvalue weighted by Crippen LogP contribution is -2.36. The number of carbonyl (C=O) groups excluding carboxylic acids is 1. The fourth-order valence-corrected chi connectivity index (χ4v) is 6.23. The molecule has 4 aromatic rings. The molecule has 1 aliphatic carbocycles. The first-order chi connectivity index (χ1) is 17.9. The first kappa shape index (κ1) is 24.7. The van der Waals surface area contributed by atoms with E-state index in [0.29, 0.717) is 11.1 Å². The van der Waals surface area contributed by atoms with E-state index in [2.05, 4.69) is 16.1 Å². The maximum atomic E-state index is 13.4. The maximum Gasteiger partial charge on any atom is 0.241 e. The minimum absolute atomic E-state index is 0.0427. The van der Waals surface area contributed by atoms with E-state index in [-0.39, 0.29) is 23.3 Å². The number of hydrogen-bond acceptors (Lipinski definition) is 4. The molecular weight excluding hydrogens is 482 g/mol. The van der Waals surface area contributed by atoms with Crippen molar-refractivity contribution >= 4 is 26.7 Å². The zero-order valence-corrected chi connectivity index (χ0v) is 21.0. The van der Waals surface area contributed by atoms with Crippen molar-refractivity contribution in [2.75, 3.05) is 0 Å². The third kappa shape index (κ3) is 5.56. The van der Waals surface area contributed by atoms with Gasteiger partial charge in [0.25, 0.3) is 0 Å². The molecule has 0 saturated carbocycles. The van der Waals surface area contributed by atoms with Gasteiger partial charge < -0.3 is 5.32 Å². The van der Waals surface area contributed by atoms with Crippen LogP contribution in [0.3, 0.4) is 0 Å². The van der Waals surface area contributed by atoms with E-state index >= 15 is 0 Å². The van der Waals surface area contributed by atoms with E-state index in [4.69, 9.17) is 0 Å². The van der Waals surface area contributed by atoms with Crippen LogP contribution in [0.1, 0.15) is 53.6 Å². The summed E-state index contributed by atoms with van der Waals surface area (Å²) in [4.78, 5) is 13.4. The number of nitriles is 1. The Balaban J connectivity index is 1.37. The molecule has 1 aliphatic rings. The molecule has 2 atom stereocenters. The Bertz CT molecular complexity index is 1590. The fraction of sp³-hybridized carbons (Fsp3) is 0.200. The number of amides is 1. The highest BCUT2D eigenvalue weighted by Gasteiger charge is 2.27. The molecule has 4 aromatic carbocycles. The van der Waals surface area contributed by atoms with Crippen molar-refractivity contribution in [2.24, 2.45) is 0 Å². The van der Waals surface area contributed by atoms with Crippen molar-refractivity contribution in [3.63, 3.8) is 0 Å². The number of nitrogens with one attached hydrogen (secondary N) is 2. The molecule has 0 bridgehead atoms. The molecule has 37 heavy (non-hydrogen) atoms. The first-order valence-electron chi connectivity index (χ1n) is 12.3. The van der Waals surface area contributed by atoms with Crippen molar-refractivity contribution in [1.82, 2.24) is 10.0 Å². The van der Waals surface area contributed by atoms with Gasteiger partial charge in [-0.05, 0) is 71.0 Å². The Morgan fingerprint density at radius 2 is 1.70 bits per heavy atom. The van der Waals surface area contributed by atoms with Crippen LogP contribution in [0.5, 0.6) is 0 Å². The Morgan fingerprint density at radius 3 is 2.49 bits per heavy atom. The molecule has 0 aromatic heterocycles. The highest BCUT2D eigenvalue weighted by Crippen LogP contribution is 2.31. The Hall–Kier alpha value is -3.99. The van der Waals surface area contributed by atoms with Crippen LogP contribution in [0, 0.1) is 11.3 Å². The molecular formula is C30H27N3O3S. The predicted molar refractivity (Wildman–Crippen MR) is 143 cm³/mol. The zero-order valence-electron chi connectivity index (χ0n) is 20.2. The van der Waals surface area contributed by atoms with Crippen LogP contribution in [0.25, 0.3) is 10.8 Å². The molecule has 7 heteroatoms. The second-order valence-corrected chi connectivity index (χ2v) is 11.0. The third-order valence-electron chi connectivity index (χ3n) is 6.84. The van der Waals surface area contributed by atoms with Gasteiger partial charge in [0, 0.05) is 6.42 Å². The van der Waals surface area contributed by atoms with Crippen molar-refractivity contribution in [1.29, 1.82) is 5.26 Å². The summed E-state index contributed by atoms with van der Waals surface area (Å²) in [5.74, 6) is -0.239. The molecule has 0 aliphatic heterocycles. The van der Waals surface area contributed by atoms with Crippen LogP contribution >= 0.6 is 0 Å². The van der Waals surface area contributed by atoms with Gasteiger partial charge in [0.05, 0.1) is 28.6 Å². The SMILES string of the molecule is N#Cc1ccc2c(c1)CCCC2NC(=O)CC(NS(=O)(=O)c1ccc2ccccc2c1)c1ccccc1. The average Bonchev–Trinajstić information content (AvgIpc) is 2.92. The summed E-state index contributed by atoms with van der Waals surface area (Å²) in [5.41, 5.74) is 3.42. The lowest BCUT2D eigenvalue weighted by atomic mass is 9.86. The van der Waals surface area contributed by atoms with Crippen LogP contribution in [0.15, 0.2) is 95.9 Å². The number of aryl methyl sites for hydroxylation is 1. The number of nitrogens with zero attached hydrogens (tertiary/aromatic N) is 1. The summed E-state index contributed by atoms with van der Waals surface area (Å²) in [6.45, 7) is 0. The van der Waals surface area contributed by atoms with Crippen LogP contribution in [-0.2, 0) is 21.2 Å². The monoisotopic (exact) mass is 509 g/mol. The molecule has 0 spiro atoms. The van der Waals surface area contributed by atoms with Gasteiger partial charge in [0.2, 0.25) is 15.9 Å². The Labute approximate surface area is 217 Å². The topological polar surface area (TPSA) is 99.1 Å². The third-order valence-corrected chi connectivity index (χ3v) is 8.31. The van der Waals surface area contributed by atoms with E-state index < -0.39 is 16.1 Å². The second kappa shape index (κ2) is 10.6. The van der Waals surface area contributed by atoms with Gasteiger partial charge in [0.15, 0.2) is 0 Å². The van der Waals surface area contributed by atoms with Crippen molar-refractivity contribution in [3.8, 4) is 6.07 Å². The lowest BCUT2D eigenvalue weighted by molar-refractivity contribution is -0.122. The second-order valence-electron chi connectivity index (χ2n) is 9.34. The normalized spacial score (nSPS) is 15.9. The van der Waals surface area contributed by atoms with Gasteiger partial charge in [-0.2, -0.15) is 5.26 Å². The van der Waals surface area contributed by atoms with E-state index in [0.717, 1.165) is 41.2 Å². The standard InChI is InChI=1S/C30H27N3O3S/c31-20-21-13-16-27-25(17-21)11-6-12-28(27)32-30(34)19-29(23-8-2-1-3-9-23)33-37(35,36)26-15-14-22-7-4-5-10-24(22)18-26/h1-5,7-10,13-18,28-29,33H,6,11-12,19H2,(H,32,34). The highest BCUT2D eigenvalue weighted by molar-refractivity contribution is 7.89. The van der Waals surface area contributed by atoms with E-state index in [1.807, 2.05) is 66.7 Å². The van der Waals surface area contributed by atoms with Gasteiger partial charge in [-0.3, -0.25) is 4.79 Å². The molecule has 0 heterocycles. The molecule has 0 fully saturated rings. The van der Waals surface area contributed by atoms with Gasteiger partial charge in [0.1, 0.15) is 0 Å². The Morgan fingerprint density at radius 1 is 0.946 bits per heavy atom. The maximum absolute atomic E-state index is 13.4. The smallest absolute Gasteiger partial charge is 0.241 e. The van der Waals surface area contributed by atoms with E-state index in [1.165, 1.54) is 0 Å². The number of fused-ring (bicyclic) bond motifs is 2. The summed E-state index contributed by atoms with van der Waals surface area (Å²) >= 11 is 0.